The van der Waals surface area contributed by atoms with Crippen molar-refractivity contribution in [1.82, 2.24) is 20.3 Å². The number of hydrogen-bond donors (Lipinski definition) is 1. The third-order valence-corrected chi connectivity index (χ3v) is 3.78. The number of benzene rings is 1. The van der Waals surface area contributed by atoms with Crippen LogP contribution in [0.3, 0.4) is 0 Å². The highest BCUT2D eigenvalue weighted by atomic mass is 16.5. The largest absolute Gasteiger partial charge is 0.496 e. The van der Waals surface area contributed by atoms with E-state index in [1.807, 2.05) is 48.1 Å². The van der Waals surface area contributed by atoms with E-state index in [0.29, 0.717) is 18.1 Å². The zero-order valence-electron chi connectivity index (χ0n) is 14.2. The van der Waals surface area contributed by atoms with Crippen molar-refractivity contribution in [2.75, 3.05) is 13.7 Å². The first-order valence-corrected chi connectivity index (χ1v) is 8.03. The lowest BCUT2D eigenvalue weighted by molar-refractivity contribution is 0.0937. The lowest BCUT2D eigenvalue weighted by atomic mass is 10.1. The molecule has 0 spiro atoms. The number of carbonyl (C=O) groups is 1. The number of nitrogens with one attached hydrogen (secondary N) is 1. The number of nitrogens with zero attached hydrogens (tertiary/aromatic N) is 3. The van der Waals surface area contributed by atoms with E-state index in [4.69, 9.17) is 9.26 Å². The van der Waals surface area contributed by atoms with Crippen molar-refractivity contribution in [3.05, 3.63) is 54.5 Å². The first kappa shape index (κ1) is 16.8. The standard InChI is InChI=1S/C18H20N4O3/c1-13(12-22-9-5-8-20-22)11-19-18(23)15-10-17(25-21-15)14-6-3-4-7-16(14)24-2/h3-10,13H,11-12H2,1-2H3,(H,19,23)/t13-/m1/s1. The van der Waals surface area contributed by atoms with E-state index < -0.39 is 0 Å². The van der Waals surface area contributed by atoms with Crippen LogP contribution in [-0.2, 0) is 6.54 Å². The zero-order chi connectivity index (χ0) is 17.6. The summed E-state index contributed by atoms with van der Waals surface area (Å²) in [6.07, 6.45) is 3.63. The Labute approximate surface area is 145 Å². The molecule has 2 aromatic heterocycles. The second kappa shape index (κ2) is 7.65. The van der Waals surface area contributed by atoms with Gasteiger partial charge in [0.25, 0.3) is 5.91 Å². The lowest BCUT2D eigenvalue weighted by Gasteiger charge is -2.11. The van der Waals surface area contributed by atoms with E-state index >= 15 is 0 Å². The molecule has 0 unspecified atom stereocenters. The summed E-state index contributed by atoms with van der Waals surface area (Å²) in [4.78, 5) is 12.3. The van der Waals surface area contributed by atoms with Gasteiger partial charge in [0.2, 0.25) is 0 Å². The molecule has 0 fully saturated rings. The van der Waals surface area contributed by atoms with Crippen LogP contribution < -0.4 is 10.1 Å². The van der Waals surface area contributed by atoms with Crippen molar-refractivity contribution in [1.29, 1.82) is 0 Å². The molecule has 0 saturated carbocycles. The summed E-state index contributed by atoms with van der Waals surface area (Å²) in [5, 5.41) is 10.9. The molecule has 0 aliphatic heterocycles. The predicted molar refractivity (Wildman–Crippen MR) is 92.2 cm³/mol. The van der Waals surface area contributed by atoms with Crippen molar-refractivity contribution < 1.29 is 14.1 Å². The minimum atomic E-state index is -0.266. The number of amides is 1. The van der Waals surface area contributed by atoms with E-state index in [1.165, 1.54) is 0 Å². The smallest absolute Gasteiger partial charge is 0.273 e. The van der Waals surface area contributed by atoms with Crippen LogP contribution in [0.1, 0.15) is 17.4 Å². The van der Waals surface area contributed by atoms with Crippen LogP contribution in [0.25, 0.3) is 11.3 Å². The minimum Gasteiger partial charge on any atom is -0.496 e. The third-order valence-electron chi connectivity index (χ3n) is 3.78. The molecule has 0 aliphatic rings. The maximum Gasteiger partial charge on any atom is 0.273 e. The molecular weight excluding hydrogens is 320 g/mol. The summed E-state index contributed by atoms with van der Waals surface area (Å²) in [7, 11) is 1.59. The van der Waals surface area contributed by atoms with Gasteiger partial charge in [0.05, 0.1) is 12.7 Å². The zero-order valence-corrected chi connectivity index (χ0v) is 14.2. The molecule has 0 saturated heterocycles. The molecule has 0 bridgehead atoms. The molecule has 3 rings (SSSR count). The Balaban J connectivity index is 1.61. The average Bonchev–Trinajstić information content (AvgIpc) is 3.31. The summed E-state index contributed by atoms with van der Waals surface area (Å²) < 4.78 is 12.4. The number of para-hydroxylation sites is 1. The predicted octanol–water partition coefficient (Wildman–Crippen LogP) is 2.61. The minimum absolute atomic E-state index is 0.240. The van der Waals surface area contributed by atoms with Crippen molar-refractivity contribution in [2.24, 2.45) is 5.92 Å². The van der Waals surface area contributed by atoms with Gasteiger partial charge < -0.3 is 14.6 Å². The Hall–Kier alpha value is -3.09. The second-order valence-corrected chi connectivity index (χ2v) is 5.82. The number of ether oxygens (including phenoxy) is 1. The summed E-state index contributed by atoms with van der Waals surface area (Å²) >= 11 is 0. The third kappa shape index (κ3) is 4.06. The van der Waals surface area contributed by atoms with Crippen molar-refractivity contribution in [3.8, 4) is 17.1 Å². The van der Waals surface area contributed by atoms with Gasteiger partial charge in [-0.15, -0.1) is 0 Å². The van der Waals surface area contributed by atoms with Crippen molar-refractivity contribution in [3.63, 3.8) is 0 Å². The number of aromatic nitrogens is 3. The van der Waals surface area contributed by atoms with E-state index in [0.717, 1.165) is 12.1 Å². The molecule has 3 aromatic rings. The fourth-order valence-electron chi connectivity index (χ4n) is 2.51. The van der Waals surface area contributed by atoms with E-state index in [9.17, 15) is 4.79 Å². The Kier molecular flexibility index (Phi) is 5.13. The summed E-state index contributed by atoms with van der Waals surface area (Å²) in [6.45, 7) is 3.30. The summed E-state index contributed by atoms with van der Waals surface area (Å²) in [5.41, 5.74) is 0.996. The van der Waals surface area contributed by atoms with Crippen molar-refractivity contribution >= 4 is 5.91 Å². The van der Waals surface area contributed by atoms with Crippen LogP contribution >= 0.6 is 0 Å². The highest BCUT2D eigenvalue weighted by Crippen LogP contribution is 2.29. The van der Waals surface area contributed by atoms with Gasteiger partial charge in [-0.25, -0.2) is 0 Å². The molecule has 25 heavy (non-hydrogen) atoms. The number of rotatable bonds is 7. The van der Waals surface area contributed by atoms with Gasteiger partial charge in [-0.2, -0.15) is 5.10 Å². The average molecular weight is 340 g/mol. The van der Waals surface area contributed by atoms with Crippen molar-refractivity contribution in [2.45, 2.75) is 13.5 Å². The molecule has 0 aliphatic carbocycles. The Morgan fingerprint density at radius 1 is 1.36 bits per heavy atom. The number of methoxy groups -OCH3 is 1. The topological polar surface area (TPSA) is 82.2 Å². The molecule has 7 heteroatoms. The number of carbonyl (C=O) groups excluding carboxylic acids is 1. The molecular formula is C18H20N4O3. The van der Waals surface area contributed by atoms with Crippen LogP contribution in [0.15, 0.2) is 53.3 Å². The Morgan fingerprint density at radius 2 is 2.20 bits per heavy atom. The van der Waals surface area contributed by atoms with Gasteiger partial charge >= 0.3 is 0 Å². The van der Waals surface area contributed by atoms with E-state index in [2.05, 4.69) is 15.6 Å². The normalized spacial score (nSPS) is 11.9. The van der Waals surface area contributed by atoms with Gasteiger partial charge in [-0.05, 0) is 24.1 Å². The Morgan fingerprint density at radius 3 is 2.96 bits per heavy atom. The van der Waals surface area contributed by atoms with Crippen LogP contribution in [-0.4, -0.2) is 34.5 Å². The first-order valence-electron chi connectivity index (χ1n) is 8.03. The Bertz CT molecular complexity index is 826. The summed E-state index contributed by atoms with van der Waals surface area (Å²) in [6, 6.07) is 10.9. The van der Waals surface area contributed by atoms with Crippen LogP contribution in [0.4, 0.5) is 0 Å². The first-order chi connectivity index (χ1) is 12.2. The van der Waals surface area contributed by atoms with Crippen LogP contribution in [0.5, 0.6) is 5.75 Å². The second-order valence-electron chi connectivity index (χ2n) is 5.82. The van der Waals surface area contributed by atoms with Gasteiger partial charge in [0.1, 0.15) is 5.75 Å². The quantitative estimate of drug-likeness (QED) is 0.715. The van der Waals surface area contributed by atoms with Gasteiger partial charge in [0.15, 0.2) is 11.5 Å². The molecule has 2 heterocycles. The van der Waals surface area contributed by atoms with Crippen LogP contribution in [0, 0.1) is 5.92 Å². The molecule has 130 valence electrons. The molecule has 1 amide bonds. The SMILES string of the molecule is COc1ccccc1-c1cc(C(=O)NC[C@@H](C)Cn2cccn2)no1. The summed E-state index contributed by atoms with van der Waals surface area (Å²) in [5.74, 6) is 1.13. The monoisotopic (exact) mass is 340 g/mol. The molecule has 1 aromatic carbocycles. The van der Waals surface area contributed by atoms with Gasteiger partial charge in [-0.1, -0.05) is 24.2 Å². The molecule has 0 radical (unpaired) electrons. The molecule has 1 atom stereocenters. The lowest BCUT2D eigenvalue weighted by Crippen LogP contribution is -2.30. The molecule has 1 N–H and O–H groups in total. The molecule has 7 nitrogen and oxygen atoms in total. The van der Waals surface area contributed by atoms with Gasteiger partial charge in [0, 0.05) is 31.5 Å². The fourth-order valence-corrected chi connectivity index (χ4v) is 2.51. The maximum absolute atomic E-state index is 12.3. The van der Waals surface area contributed by atoms with Crippen LogP contribution in [0.2, 0.25) is 0 Å². The van der Waals surface area contributed by atoms with Gasteiger partial charge in [-0.3, -0.25) is 9.48 Å². The highest BCUT2D eigenvalue weighted by molar-refractivity contribution is 5.93. The van der Waals surface area contributed by atoms with E-state index in [1.54, 1.807) is 19.4 Å². The fraction of sp³-hybridized carbons (Fsp3) is 0.278. The highest BCUT2D eigenvalue weighted by Gasteiger charge is 2.16. The maximum atomic E-state index is 12.3. The number of hydrogen-bond acceptors (Lipinski definition) is 5. The van der Waals surface area contributed by atoms with E-state index in [-0.39, 0.29) is 17.5 Å².